The van der Waals surface area contributed by atoms with Gasteiger partial charge in [0.2, 0.25) is 0 Å². The molecule has 0 aromatic heterocycles. The van der Waals surface area contributed by atoms with Crippen LogP contribution >= 0.6 is 11.6 Å². The Morgan fingerprint density at radius 1 is 1.22 bits per heavy atom. The van der Waals surface area contributed by atoms with Gasteiger partial charge >= 0.3 is 5.97 Å². The molecule has 2 rings (SSSR count). The summed E-state index contributed by atoms with van der Waals surface area (Å²) in [6.07, 6.45) is 0. The molecule has 0 unspecified atom stereocenters. The smallest absolute Gasteiger partial charge is 0.338 e. The number of halogens is 2. The molecule has 120 valence electrons. The van der Waals surface area contributed by atoms with Gasteiger partial charge in [-0.2, -0.15) is 0 Å². The van der Waals surface area contributed by atoms with Crippen LogP contribution in [0.4, 0.5) is 10.1 Å². The van der Waals surface area contributed by atoms with Gasteiger partial charge in [0.15, 0.2) is 6.61 Å². The quantitative estimate of drug-likeness (QED) is 0.850. The summed E-state index contributed by atoms with van der Waals surface area (Å²) in [5.74, 6) is -1.34. The molecule has 0 aliphatic heterocycles. The van der Waals surface area contributed by atoms with E-state index in [0.29, 0.717) is 11.4 Å². The molecule has 1 amide bonds. The lowest BCUT2D eigenvalue weighted by Crippen LogP contribution is -2.21. The minimum atomic E-state index is -0.771. The van der Waals surface area contributed by atoms with Crippen LogP contribution in [0.2, 0.25) is 5.02 Å². The number of methoxy groups -OCH3 is 1. The lowest BCUT2D eigenvalue weighted by molar-refractivity contribution is -0.119. The second-order valence-electron chi connectivity index (χ2n) is 4.49. The van der Waals surface area contributed by atoms with Crippen molar-refractivity contribution in [1.29, 1.82) is 0 Å². The van der Waals surface area contributed by atoms with Crippen molar-refractivity contribution in [3.63, 3.8) is 0 Å². The monoisotopic (exact) mass is 337 g/mol. The maximum Gasteiger partial charge on any atom is 0.338 e. The van der Waals surface area contributed by atoms with Crippen LogP contribution in [0.1, 0.15) is 10.4 Å². The van der Waals surface area contributed by atoms with Crippen LogP contribution in [0.25, 0.3) is 0 Å². The number of nitrogens with one attached hydrogen (secondary N) is 1. The SMILES string of the molecule is COc1cccc(NC(=O)COC(=O)c2ccc(F)c(Cl)c2)c1. The van der Waals surface area contributed by atoms with Gasteiger partial charge in [0.05, 0.1) is 17.7 Å². The minimum absolute atomic E-state index is 0.0607. The van der Waals surface area contributed by atoms with Crippen molar-refractivity contribution in [3.8, 4) is 5.75 Å². The Bertz CT molecular complexity index is 736. The molecule has 0 saturated heterocycles. The Hall–Kier alpha value is -2.60. The molecule has 0 radical (unpaired) electrons. The Balaban J connectivity index is 1.90. The zero-order chi connectivity index (χ0) is 16.8. The summed E-state index contributed by atoms with van der Waals surface area (Å²) >= 11 is 5.58. The summed E-state index contributed by atoms with van der Waals surface area (Å²) in [6, 6.07) is 10.1. The fraction of sp³-hybridized carbons (Fsp3) is 0.125. The zero-order valence-corrected chi connectivity index (χ0v) is 12.9. The molecule has 5 nitrogen and oxygen atoms in total. The van der Waals surface area contributed by atoms with Gasteiger partial charge < -0.3 is 14.8 Å². The van der Waals surface area contributed by atoms with Crippen molar-refractivity contribution in [2.45, 2.75) is 0 Å². The number of carbonyl (C=O) groups is 2. The van der Waals surface area contributed by atoms with E-state index in [1.807, 2.05) is 0 Å². The highest BCUT2D eigenvalue weighted by Gasteiger charge is 2.12. The predicted molar refractivity (Wildman–Crippen MR) is 83.3 cm³/mol. The van der Waals surface area contributed by atoms with Gasteiger partial charge in [0.1, 0.15) is 11.6 Å². The van der Waals surface area contributed by atoms with E-state index in [1.165, 1.54) is 13.2 Å². The average molecular weight is 338 g/mol. The first kappa shape index (κ1) is 16.8. The first-order chi connectivity index (χ1) is 11.0. The molecule has 0 aliphatic rings. The summed E-state index contributed by atoms with van der Waals surface area (Å²) in [4.78, 5) is 23.5. The topological polar surface area (TPSA) is 64.6 Å². The maximum absolute atomic E-state index is 13.0. The van der Waals surface area contributed by atoms with Crippen molar-refractivity contribution in [1.82, 2.24) is 0 Å². The second-order valence-corrected chi connectivity index (χ2v) is 4.89. The minimum Gasteiger partial charge on any atom is -0.497 e. The number of amides is 1. The van der Waals surface area contributed by atoms with E-state index in [9.17, 15) is 14.0 Å². The van der Waals surface area contributed by atoms with Gasteiger partial charge in [-0.25, -0.2) is 9.18 Å². The number of hydrogen-bond acceptors (Lipinski definition) is 4. The van der Waals surface area contributed by atoms with E-state index in [4.69, 9.17) is 21.1 Å². The lowest BCUT2D eigenvalue weighted by atomic mass is 10.2. The third-order valence-corrected chi connectivity index (χ3v) is 3.13. The summed E-state index contributed by atoms with van der Waals surface area (Å²) in [5.41, 5.74) is 0.570. The molecule has 0 fully saturated rings. The van der Waals surface area contributed by atoms with E-state index >= 15 is 0 Å². The van der Waals surface area contributed by atoms with Crippen LogP contribution in [0, 0.1) is 5.82 Å². The van der Waals surface area contributed by atoms with E-state index in [2.05, 4.69) is 5.32 Å². The molecule has 0 heterocycles. The molecule has 2 aromatic carbocycles. The number of ether oxygens (including phenoxy) is 2. The predicted octanol–water partition coefficient (Wildman–Crippen LogP) is 3.28. The van der Waals surface area contributed by atoms with Crippen molar-refractivity contribution in [3.05, 3.63) is 58.9 Å². The normalized spacial score (nSPS) is 10.0. The van der Waals surface area contributed by atoms with Crippen molar-refractivity contribution >= 4 is 29.2 Å². The first-order valence-corrected chi connectivity index (χ1v) is 6.93. The number of rotatable bonds is 5. The molecular formula is C16H13ClFNO4. The summed E-state index contributed by atoms with van der Waals surface area (Å²) in [7, 11) is 1.51. The highest BCUT2D eigenvalue weighted by atomic mass is 35.5. The summed E-state index contributed by atoms with van der Waals surface area (Å²) in [6.45, 7) is -0.481. The van der Waals surface area contributed by atoms with Crippen LogP contribution < -0.4 is 10.1 Å². The van der Waals surface area contributed by atoms with Crippen LogP contribution in [0.15, 0.2) is 42.5 Å². The Labute approximate surface area is 137 Å². The van der Waals surface area contributed by atoms with Crippen LogP contribution in [0.5, 0.6) is 5.75 Å². The molecule has 0 saturated carbocycles. The van der Waals surface area contributed by atoms with E-state index in [-0.39, 0.29) is 10.6 Å². The molecule has 0 atom stereocenters. The van der Waals surface area contributed by atoms with Crippen LogP contribution in [-0.2, 0) is 9.53 Å². The second kappa shape index (κ2) is 7.60. The Morgan fingerprint density at radius 2 is 2.00 bits per heavy atom. The van der Waals surface area contributed by atoms with Gasteiger partial charge in [0, 0.05) is 11.8 Å². The Morgan fingerprint density at radius 3 is 2.70 bits per heavy atom. The molecular weight excluding hydrogens is 325 g/mol. The van der Waals surface area contributed by atoms with Crippen LogP contribution in [-0.4, -0.2) is 25.6 Å². The standard InChI is InChI=1S/C16H13ClFNO4/c1-22-12-4-2-3-11(8-12)19-15(20)9-23-16(21)10-5-6-14(18)13(17)7-10/h2-8H,9H2,1H3,(H,19,20). The van der Waals surface area contributed by atoms with Gasteiger partial charge in [-0.3, -0.25) is 4.79 Å². The number of hydrogen-bond donors (Lipinski definition) is 1. The number of anilines is 1. The van der Waals surface area contributed by atoms with Crippen molar-refractivity contribution in [2.24, 2.45) is 0 Å². The highest BCUT2D eigenvalue weighted by molar-refractivity contribution is 6.31. The third-order valence-electron chi connectivity index (χ3n) is 2.84. The lowest BCUT2D eigenvalue weighted by Gasteiger charge is -2.08. The molecule has 0 aliphatic carbocycles. The molecule has 1 N–H and O–H groups in total. The maximum atomic E-state index is 13.0. The fourth-order valence-electron chi connectivity index (χ4n) is 1.74. The number of benzene rings is 2. The summed E-state index contributed by atoms with van der Waals surface area (Å²) < 4.78 is 22.9. The fourth-order valence-corrected chi connectivity index (χ4v) is 1.92. The molecule has 2 aromatic rings. The largest absolute Gasteiger partial charge is 0.497 e. The zero-order valence-electron chi connectivity index (χ0n) is 12.1. The van der Waals surface area contributed by atoms with Crippen LogP contribution in [0.3, 0.4) is 0 Å². The first-order valence-electron chi connectivity index (χ1n) is 6.55. The van der Waals surface area contributed by atoms with E-state index in [1.54, 1.807) is 24.3 Å². The van der Waals surface area contributed by atoms with Crippen molar-refractivity contribution < 1.29 is 23.5 Å². The van der Waals surface area contributed by atoms with Gasteiger partial charge in [-0.15, -0.1) is 0 Å². The summed E-state index contributed by atoms with van der Waals surface area (Å²) in [5, 5.41) is 2.37. The van der Waals surface area contributed by atoms with Gasteiger partial charge in [-0.05, 0) is 30.3 Å². The molecule has 0 bridgehead atoms. The highest BCUT2D eigenvalue weighted by Crippen LogP contribution is 2.17. The Kier molecular flexibility index (Phi) is 5.54. The average Bonchev–Trinajstić information content (AvgIpc) is 2.55. The van der Waals surface area contributed by atoms with Crippen molar-refractivity contribution in [2.75, 3.05) is 19.0 Å². The van der Waals surface area contributed by atoms with Gasteiger partial charge in [-0.1, -0.05) is 17.7 Å². The molecule has 0 spiro atoms. The molecule has 7 heteroatoms. The number of esters is 1. The van der Waals surface area contributed by atoms with E-state index < -0.39 is 24.3 Å². The van der Waals surface area contributed by atoms with Gasteiger partial charge in [0.25, 0.3) is 5.91 Å². The molecule has 23 heavy (non-hydrogen) atoms. The van der Waals surface area contributed by atoms with E-state index in [0.717, 1.165) is 12.1 Å². The third kappa shape index (κ3) is 4.69. The number of carbonyl (C=O) groups excluding carboxylic acids is 2.